The number of fused-ring (bicyclic) bond motifs is 2. The smallest absolute Gasteiger partial charge is 0.411 e. The second-order valence-corrected chi connectivity index (χ2v) is 9.82. The number of halogens is 2. The van der Waals surface area contributed by atoms with E-state index in [1.165, 1.54) is 27.7 Å². The minimum atomic E-state index is -1.06. The van der Waals surface area contributed by atoms with E-state index in [1.807, 2.05) is 13.0 Å². The number of hydrogen-bond donors (Lipinski definition) is 2. The van der Waals surface area contributed by atoms with Crippen molar-refractivity contribution in [3.05, 3.63) is 93.8 Å². The molecule has 1 saturated heterocycles. The summed E-state index contributed by atoms with van der Waals surface area (Å²) >= 11 is 12.3. The summed E-state index contributed by atoms with van der Waals surface area (Å²) in [5.41, 5.74) is 5.59. The fourth-order valence-electron chi connectivity index (χ4n) is 5.05. The van der Waals surface area contributed by atoms with Crippen LogP contribution in [0.25, 0.3) is 22.5 Å². The molecule has 8 heteroatoms. The standard InChI is InChI=1S/C21H17Cl2NO4.C7H6.H3N/c1-11-9-14(20-16(24(11)21(26)27)3-2-4-17(20)25)19-8-7-18(28-19)13-10-12(22)5-6-15(13)23;1-5-6-3-2-4-7(5)6;/h2-8,10-11,14,20H,9H2,1H3,(H,26,27);2-4H,1H3;1H3. The number of piperidine rings is 1. The Bertz CT molecular complexity index is 1390. The molecule has 0 bridgehead atoms. The summed E-state index contributed by atoms with van der Waals surface area (Å²) in [5, 5.41) is 10.7. The fourth-order valence-corrected chi connectivity index (χ4v) is 5.43. The van der Waals surface area contributed by atoms with Gasteiger partial charge < -0.3 is 15.7 Å². The number of carbonyl (C=O) groups is 2. The average Bonchev–Trinajstić information content (AvgIpc) is 3.24. The van der Waals surface area contributed by atoms with Crippen LogP contribution in [0.3, 0.4) is 0 Å². The summed E-state index contributed by atoms with van der Waals surface area (Å²) in [6, 6.07) is 14.9. The predicted molar refractivity (Wildman–Crippen MR) is 142 cm³/mol. The van der Waals surface area contributed by atoms with Crippen molar-refractivity contribution in [2.24, 2.45) is 5.92 Å². The lowest BCUT2D eigenvalue weighted by Gasteiger charge is -2.42. The van der Waals surface area contributed by atoms with E-state index in [-0.39, 0.29) is 23.9 Å². The first-order valence-corrected chi connectivity index (χ1v) is 12.1. The van der Waals surface area contributed by atoms with Crippen molar-refractivity contribution in [3.8, 4) is 22.5 Å². The Labute approximate surface area is 219 Å². The molecule has 4 N–H and O–H groups in total. The van der Waals surface area contributed by atoms with Gasteiger partial charge in [0.15, 0.2) is 5.78 Å². The van der Waals surface area contributed by atoms with Crippen molar-refractivity contribution in [2.45, 2.75) is 32.2 Å². The molecule has 2 heterocycles. The Morgan fingerprint density at radius 1 is 1.08 bits per heavy atom. The van der Waals surface area contributed by atoms with Crippen LogP contribution in [0.2, 0.25) is 10.0 Å². The van der Waals surface area contributed by atoms with E-state index >= 15 is 0 Å². The monoisotopic (exact) mass is 524 g/mol. The van der Waals surface area contributed by atoms with Crippen molar-refractivity contribution >= 4 is 35.1 Å². The molecule has 0 spiro atoms. The first-order valence-electron chi connectivity index (χ1n) is 11.4. The number of carbonyl (C=O) groups excluding carboxylic acids is 1. The number of allylic oxidation sites excluding steroid dienone is 4. The minimum absolute atomic E-state index is 0. The Morgan fingerprint density at radius 2 is 1.81 bits per heavy atom. The van der Waals surface area contributed by atoms with Crippen molar-refractivity contribution in [1.29, 1.82) is 0 Å². The maximum Gasteiger partial charge on any atom is 0.411 e. The van der Waals surface area contributed by atoms with Gasteiger partial charge in [0.1, 0.15) is 11.5 Å². The number of nitrogens with zero attached hydrogens (tertiary/aromatic N) is 1. The number of rotatable bonds is 2. The average molecular weight is 525 g/mol. The Hall–Kier alpha value is -3.32. The molecule has 6 rings (SSSR count). The molecule has 6 nitrogen and oxygen atoms in total. The molecule has 3 atom stereocenters. The van der Waals surface area contributed by atoms with Crippen LogP contribution in [-0.2, 0) is 4.79 Å². The van der Waals surface area contributed by atoms with E-state index in [1.54, 1.807) is 36.4 Å². The van der Waals surface area contributed by atoms with Gasteiger partial charge in [-0.15, -0.1) is 0 Å². The number of ketones is 1. The van der Waals surface area contributed by atoms with Gasteiger partial charge in [-0.2, -0.15) is 0 Å². The SMILES string of the molecule is CC1CC(c2ccc(-c3cc(Cl)ccc3Cl)o2)C2C(=O)C=CC=C2N1C(=O)O.Cc1c2cccc1-2.N. The third kappa shape index (κ3) is 4.60. The molecular weight excluding hydrogens is 499 g/mol. The summed E-state index contributed by atoms with van der Waals surface area (Å²) in [5.74, 6) is 0.203. The van der Waals surface area contributed by atoms with E-state index < -0.39 is 12.0 Å². The van der Waals surface area contributed by atoms with Crippen molar-refractivity contribution in [1.82, 2.24) is 11.1 Å². The lowest BCUT2D eigenvalue weighted by molar-refractivity contribution is -0.119. The maximum atomic E-state index is 12.6. The van der Waals surface area contributed by atoms with Crippen LogP contribution in [0.15, 0.2) is 76.9 Å². The van der Waals surface area contributed by atoms with Gasteiger partial charge in [0.05, 0.1) is 10.9 Å². The lowest BCUT2D eigenvalue weighted by Crippen LogP contribution is -2.48. The Kier molecular flexibility index (Phi) is 7.14. The van der Waals surface area contributed by atoms with Crippen LogP contribution in [0.4, 0.5) is 4.79 Å². The molecule has 0 radical (unpaired) electrons. The summed E-state index contributed by atoms with van der Waals surface area (Å²) in [7, 11) is 0. The van der Waals surface area contributed by atoms with Crippen molar-refractivity contribution in [3.63, 3.8) is 0 Å². The lowest BCUT2D eigenvalue weighted by atomic mass is 9.74. The molecule has 1 fully saturated rings. The summed E-state index contributed by atoms with van der Waals surface area (Å²) in [4.78, 5) is 25.6. The highest BCUT2D eigenvalue weighted by Gasteiger charge is 2.45. The predicted octanol–water partition coefficient (Wildman–Crippen LogP) is 7.89. The highest BCUT2D eigenvalue weighted by atomic mass is 35.5. The van der Waals surface area contributed by atoms with E-state index in [0.717, 1.165) is 0 Å². The number of furan rings is 1. The fraction of sp³-hybridized carbons (Fsp3) is 0.214. The number of aryl methyl sites for hydroxylation is 1. The quantitative estimate of drug-likeness (QED) is 0.277. The zero-order chi connectivity index (χ0) is 24.9. The highest BCUT2D eigenvalue weighted by Crippen LogP contribution is 2.45. The van der Waals surface area contributed by atoms with E-state index in [2.05, 4.69) is 25.1 Å². The van der Waals surface area contributed by atoms with Crippen LogP contribution < -0.4 is 6.15 Å². The van der Waals surface area contributed by atoms with Crippen molar-refractivity contribution in [2.75, 3.05) is 0 Å². The second-order valence-electron chi connectivity index (χ2n) is 8.98. The highest BCUT2D eigenvalue weighted by molar-refractivity contribution is 6.35. The molecule has 4 aliphatic rings. The van der Waals surface area contributed by atoms with Crippen LogP contribution in [-0.4, -0.2) is 27.9 Å². The molecular formula is C28H26Cl2N2O4. The van der Waals surface area contributed by atoms with E-state index in [0.29, 0.717) is 39.2 Å². The second kappa shape index (κ2) is 9.97. The van der Waals surface area contributed by atoms with Crippen LogP contribution in [0.1, 0.15) is 30.6 Å². The number of amides is 1. The van der Waals surface area contributed by atoms with Gasteiger partial charge in [-0.1, -0.05) is 47.5 Å². The van der Waals surface area contributed by atoms with Gasteiger partial charge in [0, 0.05) is 28.2 Å². The molecule has 36 heavy (non-hydrogen) atoms. The van der Waals surface area contributed by atoms with Gasteiger partial charge in [-0.25, -0.2) is 4.79 Å². The summed E-state index contributed by atoms with van der Waals surface area (Å²) < 4.78 is 6.07. The number of likely N-dealkylation sites (tertiary alicyclic amines) is 1. The third-order valence-corrected chi connectivity index (χ3v) is 7.39. The van der Waals surface area contributed by atoms with Gasteiger partial charge in [0.25, 0.3) is 0 Å². The molecule has 1 aliphatic heterocycles. The molecule has 2 aromatic rings. The van der Waals surface area contributed by atoms with Crippen LogP contribution in [0, 0.1) is 12.8 Å². The maximum absolute atomic E-state index is 12.6. The van der Waals surface area contributed by atoms with Gasteiger partial charge in [0.2, 0.25) is 0 Å². The van der Waals surface area contributed by atoms with Gasteiger partial charge in [-0.05, 0) is 79.4 Å². The Morgan fingerprint density at radius 3 is 2.44 bits per heavy atom. The first-order chi connectivity index (χ1) is 16.8. The molecule has 3 unspecified atom stereocenters. The Balaban J connectivity index is 0.000000324. The largest absolute Gasteiger partial charge is 0.465 e. The minimum Gasteiger partial charge on any atom is -0.465 e. The molecule has 1 aromatic carbocycles. The van der Waals surface area contributed by atoms with Crippen LogP contribution in [0.5, 0.6) is 0 Å². The number of hydrogen-bond acceptors (Lipinski definition) is 4. The topological polar surface area (TPSA) is 106 Å². The zero-order valence-electron chi connectivity index (χ0n) is 19.9. The normalized spacial score (nSPS) is 21.0. The molecule has 186 valence electrons. The summed E-state index contributed by atoms with van der Waals surface area (Å²) in [6.45, 7) is 3.99. The molecule has 1 amide bonds. The number of carboxylic acid groups (broad SMARTS) is 1. The van der Waals surface area contributed by atoms with E-state index in [4.69, 9.17) is 27.6 Å². The zero-order valence-corrected chi connectivity index (χ0v) is 21.4. The van der Waals surface area contributed by atoms with E-state index in [9.17, 15) is 14.7 Å². The molecule has 0 saturated carbocycles. The van der Waals surface area contributed by atoms with Gasteiger partial charge >= 0.3 is 6.09 Å². The third-order valence-electron chi connectivity index (χ3n) is 6.82. The summed E-state index contributed by atoms with van der Waals surface area (Å²) in [6.07, 6.45) is 4.19. The number of benzene rings is 2. The molecule has 3 aliphatic carbocycles. The van der Waals surface area contributed by atoms with Gasteiger partial charge in [-0.3, -0.25) is 9.69 Å². The van der Waals surface area contributed by atoms with Crippen LogP contribution >= 0.6 is 23.2 Å². The molecule has 1 aromatic heterocycles. The van der Waals surface area contributed by atoms with Crippen molar-refractivity contribution < 1.29 is 19.1 Å². The first kappa shape index (κ1) is 25.8.